The molecule has 0 fully saturated rings. The van der Waals surface area contributed by atoms with Crippen LogP contribution in [0.1, 0.15) is 12.5 Å². The Kier molecular flexibility index (Phi) is 2.91. The van der Waals surface area contributed by atoms with Crippen LogP contribution in [0.25, 0.3) is 0 Å². The first-order chi connectivity index (χ1) is 6.54. The van der Waals surface area contributed by atoms with Crippen molar-refractivity contribution in [3.05, 3.63) is 28.4 Å². The number of hydrogen-bond acceptors (Lipinski definition) is 3. The Morgan fingerprint density at radius 2 is 2.14 bits per heavy atom. The summed E-state index contributed by atoms with van der Waals surface area (Å²) in [5.74, 6) is -0.879. The van der Waals surface area contributed by atoms with Crippen molar-refractivity contribution in [3.8, 4) is 0 Å². The highest BCUT2D eigenvalue weighted by Crippen LogP contribution is 2.29. The number of nitroso groups, excluding NO2 is 1. The number of carbonyl (C=O) groups is 1. The van der Waals surface area contributed by atoms with Crippen LogP contribution in [0, 0.1) is 17.6 Å². The topological polar surface area (TPSA) is 58.5 Å². The molecule has 0 unspecified atom stereocenters. The van der Waals surface area contributed by atoms with E-state index in [0.717, 1.165) is 6.07 Å². The molecule has 14 heavy (non-hydrogen) atoms. The molecular weight excluding hydrogens is 187 g/mol. The Hall–Kier alpha value is -1.78. The van der Waals surface area contributed by atoms with Crippen LogP contribution in [0.3, 0.4) is 0 Å². The first-order valence-electron chi connectivity index (χ1n) is 3.95. The number of carbonyl (C=O) groups excluding carboxylic acids is 1. The second kappa shape index (κ2) is 3.95. The van der Waals surface area contributed by atoms with E-state index < -0.39 is 5.82 Å². The maximum atomic E-state index is 12.8. The van der Waals surface area contributed by atoms with Crippen molar-refractivity contribution in [1.82, 2.24) is 0 Å². The zero-order valence-corrected chi connectivity index (χ0v) is 7.80. The Balaban J connectivity index is 3.24. The van der Waals surface area contributed by atoms with Crippen LogP contribution in [0.2, 0.25) is 0 Å². The van der Waals surface area contributed by atoms with E-state index in [4.69, 9.17) is 0 Å². The number of hydrogen-bond donors (Lipinski definition) is 1. The monoisotopic (exact) mass is 196 g/mol. The molecule has 1 rings (SSSR count). The predicted molar refractivity (Wildman–Crippen MR) is 50.9 cm³/mol. The van der Waals surface area contributed by atoms with Crippen LogP contribution < -0.4 is 5.32 Å². The predicted octanol–water partition coefficient (Wildman–Crippen LogP) is 2.49. The van der Waals surface area contributed by atoms with Crippen LogP contribution >= 0.6 is 0 Å². The summed E-state index contributed by atoms with van der Waals surface area (Å²) < 4.78 is 12.8. The summed E-state index contributed by atoms with van der Waals surface area (Å²) in [4.78, 5) is 21.1. The molecule has 0 aliphatic rings. The minimum Gasteiger partial charge on any atom is -0.324 e. The third-order valence-corrected chi connectivity index (χ3v) is 1.68. The van der Waals surface area contributed by atoms with Gasteiger partial charge in [-0.05, 0) is 23.7 Å². The summed E-state index contributed by atoms with van der Waals surface area (Å²) in [6.45, 7) is 2.89. The van der Waals surface area contributed by atoms with Gasteiger partial charge in [0.15, 0.2) is 0 Å². The Bertz CT molecular complexity index is 391. The summed E-state index contributed by atoms with van der Waals surface area (Å²) in [7, 11) is 0. The maximum absolute atomic E-state index is 12.8. The lowest BCUT2D eigenvalue weighted by molar-refractivity contribution is -0.114. The molecule has 1 aromatic carbocycles. The molecule has 0 radical (unpaired) electrons. The first-order valence-corrected chi connectivity index (χ1v) is 3.95. The van der Waals surface area contributed by atoms with E-state index in [2.05, 4.69) is 10.5 Å². The molecular formula is C9H9FN2O2. The van der Waals surface area contributed by atoms with Crippen LogP contribution in [-0.4, -0.2) is 5.91 Å². The van der Waals surface area contributed by atoms with E-state index in [1.807, 2.05) is 0 Å². The number of rotatable bonds is 2. The Morgan fingerprint density at radius 1 is 1.50 bits per heavy atom. The molecule has 0 saturated heterocycles. The highest BCUT2D eigenvalue weighted by Gasteiger charge is 2.09. The fourth-order valence-corrected chi connectivity index (χ4v) is 1.14. The van der Waals surface area contributed by atoms with Crippen molar-refractivity contribution >= 4 is 17.3 Å². The molecule has 0 spiro atoms. The summed E-state index contributed by atoms with van der Waals surface area (Å²) in [5.41, 5.74) is 0.626. The number of anilines is 1. The van der Waals surface area contributed by atoms with E-state index in [9.17, 15) is 14.1 Å². The number of nitrogens with one attached hydrogen (secondary N) is 1. The molecule has 0 atom stereocenters. The van der Waals surface area contributed by atoms with Gasteiger partial charge in [0.05, 0.1) is 5.69 Å². The molecule has 0 aromatic heterocycles. The van der Waals surface area contributed by atoms with Gasteiger partial charge in [-0.25, -0.2) is 4.39 Å². The zero-order valence-electron chi connectivity index (χ0n) is 7.80. The Labute approximate surface area is 80.1 Å². The fourth-order valence-electron chi connectivity index (χ4n) is 1.14. The maximum Gasteiger partial charge on any atom is 0.221 e. The largest absolute Gasteiger partial charge is 0.324 e. The lowest BCUT2D eigenvalue weighted by atomic mass is 10.1. The third-order valence-electron chi connectivity index (χ3n) is 1.68. The van der Waals surface area contributed by atoms with Gasteiger partial charge < -0.3 is 5.32 Å². The molecule has 5 heteroatoms. The summed E-state index contributed by atoms with van der Waals surface area (Å²) >= 11 is 0. The fraction of sp³-hybridized carbons (Fsp3) is 0.222. The normalized spacial score (nSPS) is 9.64. The van der Waals surface area contributed by atoms with Crippen LogP contribution in [0.15, 0.2) is 17.3 Å². The molecule has 1 aromatic rings. The van der Waals surface area contributed by atoms with Crippen molar-refractivity contribution < 1.29 is 9.18 Å². The number of aryl methyl sites for hydroxylation is 1. The second-order valence-electron chi connectivity index (χ2n) is 2.89. The lowest BCUT2D eigenvalue weighted by Crippen LogP contribution is -2.07. The van der Waals surface area contributed by atoms with E-state index in [0.29, 0.717) is 5.56 Å². The van der Waals surface area contributed by atoms with Crippen LogP contribution in [-0.2, 0) is 4.79 Å². The number of benzene rings is 1. The van der Waals surface area contributed by atoms with Gasteiger partial charge in [-0.15, -0.1) is 4.91 Å². The third kappa shape index (κ3) is 2.12. The minimum absolute atomic E-state index is 0.0994. The summed E-state index contributed by atoms with van der Waals surface area (Å²) in [6, 6.07) is 2.20. The SMILES string of the molecule is CC(=O)Nc1c(C)cc(F)cc1N=O. The lowest BCUT2D eigenvalue weighted by Gasteiger charge is -2.07. The van der Waals surface area contributed by atoms with Crippen LogP contribution in [0.4, 0.5) is 15.8 Å². The average molecular weight is 196 g/mol. The minimum atomic E-state index is -0.550. The quantitative estimate of drug-likeness (QED) is 0.738. The highest BCUT2D eigenvalue weighted by molar-refractivity contribution is 5.93. The van der Waals surface area contributed by atoms with Gasteiger partial charge in [-0.3, -0.25) is 4.79 Å². The van der Waals surface area contributed by atoms with Gasteiger partial charge in [-0.2, -0.15) is 0 Å². The molecule has 0 heterocycles. The van der Waals surface area contributed by atoms with Gasteiger partial charge >= 0.3 is 0 Å². The van der Waals surface area contributed by atoms with Crippen molar-refractivity contribution in [2.45, 2.75) is 13.8 Å². The highest BCUT2D eigenvalue weighted by atomic mass is 19.1. The van der Waals surface area contributed by atoms with Gasteiger partial charge in [0.25, 0.3) is 0 Å². The van der Waals surface area contributed by atoms with Gasteiger partial charge in [0, 0.05) is 13.0 Å². The number of amides is 1. The van der Waals surface area contributed by atoms with Gasteiger partial charge in [0.2, 0.25) is 5.91 Å². The molecule has 0 saturated carbocycles. The number of halogens is 1. The molecule has 0 bridgehead atoms. The molecule has 1 N–H and O–H groups in total. The Morgan fingerprint density at radius 3 is 2.64 bits per heavy atom. The van der Waals surface area contributed by atoms with E-state index >= 15 is 0 Å². The van der Waals surface area contributed by atoms with Crippen molar-refractivity contribution in [1.29, 1.82) is 0 Å². The molecule has 74 valence electrons. The van der Waals surface area contributed by atoms with E-state index in [1.54, 1.807) is 6.92 Å². The van der Waals surface area contributed by atoms with Gasteiger partial charge in [-0.1, -0.05) is 0 Å². The van der Waals surface area contributed by atoms with Crippen molar-refractivity contribution in [2.24, 2.45) is 5.18 Å². The zero-order chi connectivity index (χ0) is 10.7. The van der Waals surface area contributed by atoms with Crippen molar-refractivity contribution in [3.63, 3.8) is 0 Å². The van der Waals surface area contributed by atoms with Gasteiger partial charge in [0.1, 0.15) is 11.5 Å². The van der Waals surface area contributed by atoms with E-state index in [-0.39, 0.29) is 17.3 Å². The smallest absolute Gasteiger partial charge is 0.221 e. The molecule has 4 nitrogen and oxygen atoms in total. The summed E-state index contributed by atoms with van der Waals surface area (Å²) in [5, 5.41) is 5.06. The number of nitrogens with zero attached hydrogens (tertiary/aromatic N) is 1. The molecule has 0 aliphatic heterocycles. The molecule has 0 aliphatic carbocycles. The van der Waals surface area contributed by atoms with Crippen LogP contribution in [0.5, 0.6) is 0 Å². The van der Waals surface area contributed by atoms with Crippen molar-refractivity contribution in [2.75, 3.05) is 5.32 Å². The first kappa shape index (κ1) is 10.3. The second-order valence-corrected chi connectivity index (χ2v) is 2.89. The standard InChI is InChI=1S/C9H9FN2O2/c1-5-3-7(10)4-8(12-14)9(5)11-6(2)13/h3-4H,1-2H3,(H,11,13). The summed E-state index contributed by atoms with van der Waals surface area (Å²) in [6.07, 6.45) is 0. The molecule has 1 amide bonds. The van der Waals surface area contributed by atoms with E-state index in [1.165, 1.54) is 13.0 Å². The average Bonchev–Trinajstić information content (AvgIpc) is 2.08.